The Morgan fingerprint density at radius 2 is 2.36 bits per heavy atom. The zero-order valence-electron chi connectivity index (χ0n) is 8.65. The van der Waals surface area contributed by atoms with Gasteiger partial charge in [-0.1, -0.05) is 13.8 Å². The molecule has 78 valence electrons. The summed E-state index contributed by atoms with van der Waals surface area (Å²) in [7, 11) is 1.59. The maximum atomic E-state index is 10.3. The highest BCUT2D eigenvalue weighted by Crippen LogP contribution is 2.51. The third-order valence-corrected chi connectivity index (χ3v) is 4.30. The van der Waals surface area contributed by atoms with Crippen molar-refractivity contribution in [3.63, 3.8) is 0 Å². The summed E-state index contributed by atoms with van der Waals surface area (Å²) in [5.74, 6) is 1.51. The van der Waals surface area contributed by atoms with Crippen LogP contribution in [0.5, 0.6) is 5.88 Å². The molecular formula is C10H15NO2S. The van der Waals surface area contributed by atoms with E-state index in [9.17, 15) is 5.11 Å². The van der Waals surface area contributed by atoms with Gasteiger partial charge in [-0.25, -0.2) is 0 Å². The fourth-order valence-electron chi connectivity index (χ4n) is 2.05. The Morgan fingerprint density at radius 3 is 2.79 bits per heavy atom. The van der Waals surface area contributed by atoms with E-state index in [0.717, 1.165) is 11.3 Å². The van der Waals surface area contributed by atoms with E-state index in [-0.39, 0.29) is 0 Å². The predicted molar refractivity (Wildman–Crippen MR) is 55.5 cm³/mol. The van der Waals surface area contributed by atoms with E-state index in [1.54, 1.807) is 7.11 Å². The normalized spacial score (nSPS) is 36.6. The third kappa shape index (κ3) is 1.25. The van der Waals surface area contributed by atoms with Crippen molar-refractivity contribution in [3.8, 4) is 5.88 Å². The molecule has 1 fully saturated rings. The molecule has 3 unspecified atom stereocenters. The van der Waals surface area contributed by atoms with Crippen LogP contribution in [0.25, 0.3) is 0 Å². The van der Waals surface area contributed by atoms with Gasteiger partial charge in [0.15, 0.2) is 0 Å². The molecule has 3 atom stereocenters. The van der Waals surface area contributed by atoms with Crippen molar-refractivity contribution in [2.45, 2.75) is 25.9 Å². The molecule has 1 aliphatic carbocycles. The van der Waals surface area contributed by atoms with Gasteiger partial charge in [-0.05, 0) is 29.8 Å². The summed E-state index contributed by atoms with van der Waals surface area (Å²) in [5.41, 5.74) is -0.659. The van der Waals surface area contributed by atoms with Crippen molar-refractivity contribution in [2.75, 3.05) is 7.11 Å². The highest BCUT2D eigenvalue weighted by Gasteiger charge is 2.50. The molecule has 0 amide bonds. The second-order valence-electron chi connectivity index (χ2n) is 4.13. The average Bonchev–Trinajstić information content (AvgIpc) is 2.65. The highest BCUT2D eigenvalue weighted by atomic mass is 32.1. The van der Waals surface area contributed by atoms with Gasteiger partial charge >= 0.3 is 0 Å². The lowest BCUT2D eigenvalue weighted by Gasteiger charge is -2.48. The Kier molecular flexibility index (Phi) is 2.27. The van der Waals surface area contributed by atoms with Crippen molar-refractivity contribution >= 4 is 11.5 Å². The summed E-state index contributed by atoms with van der Waals surface area (Å²) in [6.07, 6.45) is 0.833. The van der Waals surface area contributed by atoms with Crippen molar-refractivity contribution in [1.82, 2.24) is 4.37 Å². The van der Waals surface area contributed by atoms with Crippen LogP contribution < -0.4 is 4.74 Å². The summed E-state index contributed by atoms with van der Waals surface area (Å²) in [5, 5.41) is 10.3. The van der Waals surface area contributed by atoms with Crippen LogP contribution in [-0.2, 0) is 5.60 Å². The quantitative estimate of drug-likeness (QED) is 0.817. The number of rotatable bonds is 2. The topological polar surface area (TPSA) is 42.4 Å². The average molecular weight is 213 g/mol. The molecule has 0 aromatic carbocycles. The first-order valence-electron chi connectivity index (χ1n) is 4.81. The molecule has 1 heterocycles. The standard InChI is InChI=1S/C10H15NO2S/c1-6-5-10(12,7(6)2)8-4-9(13-3)11-14-8/h4,6-7,12H,5H2,1-3H3. The van der Waals surface area contributed by atoms with Crippen LogP contribution in [0.15, 0.2) is 6.07 Å². The molecular weight excluding hydrogens is 198 g/mol. The number of methoxy groups -OCH3 is 1. The van der Waals surface area contributed by atoms with Gasteiger partial charge in [-0.3, -0.25) is 0 Å². The number of aromatic nitrogens is 1. The van der Waals surface area contributed by atoms with Crippen LogP contribution >= 0.6 is 11.5 Å². The molecule has 0 radical (unpaired) electrons. The van der Waals surface area contributed by atoms with Crippen LogP contribution in [-0.4, -0.2) is 16.6 Å². The van der Waals surface area contributed by atoms with Gasteiger partial charge in [-0.15, -0.1) is 0 Å². The van der Waals surface area contributed by atoms with Crippen LogP contribution in [0, 0.1) is 11.8 Å². The second kappa shape index (κ2) is 3.21. The second-order valence-corrected chi connectivity index (χ2v) is 4.93. The third-order valence-electron chi connectivity index (χ3n) is 3.36. The van der Waals surface area contributed by atoms with Crippen molar-refractivity contribution in [2.24, 2.45) is 11.8 Å². The molecule has 0 spiro atoms. The summed E-state index contributed by atoms with van der Waals surface area (Å²) in [6, 6.07) is 1.84. The molecule has 1 aromatic rings. The highest BCUT2D eigenvalue weighted by molar-refractivity contribution is 7.06. The Bertz CT molecular complexity index is 339. The zero-order chi connectivity index (χ0) is 10.3. The molecule has 1 aromatic heterocycles. The molecule has 0 aliphatic heterocycles. The zero-order valence-corrected chi connectivity index (χ0v) is 9.47. The van der Waals surface area contributed by atoms with Gasteiger partial charge < -0.3 is 9.84 Å². The molecule has 14 heavy (non-hydrogen) atoms. The fourth-order valence-corrected chi connectivity index (χ4v) is 2.94. The molecule has 3 nitrogen and oxygen atoms in total. The number of aliphatic hydroxyl groups is 1. The van der Waals surface area contributed by atoms with Crippen LogP contribution in [0.2, 0.25) is 0 Å². The Hall–Kier alpha value is -0.610. The monoisotopic (exact) mass is 213 g/mol. The maximum absolute atomic E-state index is 10.3. The van der Waals surface area contributed by atoms with Crippen molar-refractivity contribution in [3.05, 3.63) is 10.9 Å². The first kappa shape index (κ1) is 9.93. The van der Waals surface area contributed by atoms with Crippen LogP contribution in [0.1, 0.15) is 25.1 Å². The van der Waals surface area contributed by atoms with Crippen molar-refractivity contribution in [1.29, 1.82) is 0 Å². The van der Waals surface area contributed by atoms with Gasteiger partial charge in [0, 0.05) is 6.07 Å². The van der Waals surface area contributed by atoms with Gasteiger partial charge in [0.1, 0.15) is 5.60 Å². The first-order chi connectivity index (χ1) is 6.58. The molecule has 0 bridgehead atoms. The Balaban J connectivity index is 2.23. The van der Waals surface area contributed by atoms with Gasteiger partial charge in [0.05, 0.1) is 12.0 Å². The fraction of sp³-hybridized carbons (Fsp3) is 0.700. The van der Waals surface area contributed by atoms with Gasteiger partial charge in [0.25, 0.3) is 0 Å². The molecule has 0 saturated heterocycles. The lowest BCUT2D eigenvalue weighted by Crippen LogP contribution is -2.48. The van der Waals surface area contributed by atoms with Crippen molar-refractivity contribution < 1.29 is 9.84 Å². The number of hydrogen-bond acceptors (Lipinski definition) is 4. The Morgan fingerprint density at radius 1 is 1.64 bits per heavy atom. The minimum Gasteiger partial charge on any atom is -0.480 e. The summed E-state index contributed by atoms with van der Waals surface area (Å²) >= 11 is 1.34. The SMILES string of the molecule is COc1cc(C2(O)CC(C)C2C)sn1. The molecule has 1 saturated carbocycles. The van der Waals surface area contributed by atoms with Crippen LogP contribution in [0.4, 0.5) is 0 Å². The number of ether oxygens (including phenoxy) is 1. The molecule has 4 heteroatoms. The summed E-state index contributed by atoms with van der Waals surface area (Å²) in [4.78, 5) is 0.931. The van der Waals surface area contributed by atoms with E-state index in [0.29, 0.717) is 17.7 Å². The smallest absolute Gasteiger partial charge is 0.225 e. The molecule has 1 N–H and O–H groups in total. The minimum absolute atomic E-state index is 0.313. The summed E-state index contributed by atoms with van der Waals surface area (Å²) < 4.78 is 9.11. The van der Waals surface area contributed by atoms with E-state index < -0.39 is 5.60 Å². The van der Waals surface area contributed by atoms with Crippen LogP contribution in [0.3, 0.4) is 0 Å². The lowest BCUT2D eigenvalue weighted by molar-refractivity contribution is -0.129. The maximum Gasteiger partial charge on any atom is 0.225 e. The largest absolute Gasteiger partial charge is 0.480 e. The predicted octanol–water partition coefficient (Wildman–Crippen LogP) is 2.02. The number of hydrogen-bond donors (Lipinski definition) is 1. The first-order valence-corrected chi connectivity index (χ1v) is 5.59. The van der Waals surface area contributed by atoms with E-state index in [1.807, 2.05) is 6.07 Å². The summed E-state index contributed by atoms with van der Waals surface area (Å²) in [6.45, 7) is 4.25. The van der Waals surface area contributed by atoms with Gasteiger partial charge in [-0.2, -0.15) is 4.37 Å². The lowest BCUT2D eigenvalue weighted by atomic mass is 9.62. The van der Waals surface area contributed by atoms with E-state index in [2.05, 4.69) is 18.2 Å². The van der Waals surface area contributed by atoms with E-state index in [1.165, 1.54) is 11.5 Å². The van der Waals surface area contributed by atoms with E-state index >= 15 is 0 Å². The minimum atomic E-state index is -0.659. The molecule has 2 rings (SSSR count). The molecule has 1 aliphatic rings. The Labute approximate surface area is 87.9 Å². The van der Waals surface area contributed by atoms with Gasteiger partial charge in [0.2, 0.25) is 5.88 Å². The number of nitrogens with zero attached hydrogens (tertiary/aromatic N) is 1. The van der Waals surface area contributed by atoms with E-state index in [4.69, 9.17) is 4.74 Å².